The van der Waals surface area contributed by atoms with Gasteiger partial charge in [0.25, 0.3) is 0 Å². The van der Waals surface area contributed by atoms with E-state index in [1.54, 1.807) is 30.5 Å². The van der Waals surface area contributed by atoms with Crippen LogP contribution in [0.4, 0.5) is 0 Å². The van der Waals surface area contributed by atoms with Crippen molar-refractivity contribution in [3.63, 3.8) is 0 Å². The number of hydrogen-bond donors (Lipinski definition) is 0. The van der Waals surface area contributed by atoms with E-state index in [-0.39, 0.29) is 11.8 Å². The lowest BCUT2D eigenvalue weighted by molar-refractivity contribution is 0.0859. The fraction of sp³-hybridized carbons (Fsp3) is 0.333. The molecule has 0 saturated carbocycles. The van der Waals surface area contributed by atoms with Gasteiger partial charge < -0.3 is 4.57 Å². The van der Waals surface area contributed by atoms with Gasteiger partial charge in [0, 0.05) is 30.0 Å². The van der Waals surface area contributed by atoms with E-state index in [1.165, 1.54) is 0 Å². The monoisotopic (exact) mass is 291 g/mol. The Kier molecular flexibility index (Phi) is 4.57. The molecule has 0 aliphatic carbocycles. The van der Waals surface area contributed by atoms with Gasteiger partial charge in [-0.2, -0.15) is 0 Å². The maximum Gasteiger partial charge on any atom is 0.179 e. The first-order valence-electron chi connectivity index (χ1n) is 6.45. The Morgan fingerprint density at radius 1 is 1.40 bits per heavy atom. The molecule has 0 aliphatic rings. The Labute approximate surface area is 124 Å². The molecule has 0 saturated heterocycles. The fourth-order valence-electron chi connectivity index (χ4n) is 1.96. The van der Waals surface area contributed by atoms with Crippen LogP contribution in [-0.2, 0) is 13.6 Å². The second kappa shape index (κ2) is 6.20. The molecule has 1 heterocycles. The number of hydrogen-bond acceptors (Lipinski definition) is 3. The van der Waals surface area contributed by atoms with Crippen molar-refractivity contribution in [3.05, 3.63) is 53.1 Å². The minimum Gasteiger partial charge on any atom is -0.337 e. The van der Waals surface area contributed by atoms with Gasteiger partial charge in [-0.1, -0.05) is 11.6 Å². The minimum absolute atomic E-state index is 0.0818. The maximum atomic E-state index is 12.4. The van der Waals surface area contributed by atoms with E-state index >= 15 is 0 Å². The van der Waals surface area contributed by atoms with Crippen LogP contribution in [0.15, 0.2) is 36.7 Å². The number of carbonyl (C=O) groups excluding carboxylic acids is 1. The number of aryl methyl sites for hydroxylation is 1. The molecule has 0 bridgehead atoms. The van der Waals surface area contributed by atoms with E-state index in [1.807, 2.05) is 36.7 Å². The molecule has 1 aromatic heterocycles. The standard InChI is InChI=1S/C15H18ClN3O/c1-11(15(20)12-4-6-13(16)7-5-12)19(3)10-14-17-8-9-18(14)2/h4-9,11H,10H2,1-3H3. The van der Waals surface area contributed by atoms with Crippen LogP contribution in [0.2, 0.25) is 5.02 Å². The summed E-state index contributed by atoms with van der Waals surface area (Å²) in [6.45, 7) is 2.53. The maximum absolute atomic E-state index is 12.4. The van der Waals surface area contributed by atoms with Gasteiger partial charge >= 0.3 is 0 Å². The summed E-state index contributed by atoms with van der Waals surface area (Å²) in [6.07, 6.45) is 3.66. The third-order valence-corrected chi connectivity index (χ3v) is 3.73. The molecule has 2 aromatic rings. The molecule has 5 heteroatoms. The largest absolute Gasteiger partial charge is 0.337 e. The normalized spacial score (nSPS) is 12.7. The minimum atomic E-state index is -0.215. The van der Waals surface area contributed by atoms with Crippen molar-refractivity contribution in [2.45, 2.75) is 19.5 Å². The van der Waals surface area contributed by atoms with Gasteiger partial charge in [0.15, 0.2) is 5.78 Å². The average Bonchev–Trinajstić information content (AvgIpc) is 2.83. The molecule has 0 amide bonds. The number of halogens is 1. The average molecular weight is 292 g/mol. The number of likely N-dealkylation sites (N-methyl/N-ethyl adjacent to an activating group) is 1. The van der Waals surface area contributed by atoms with Crippen LogP contribution < -0.4 is 0 Å². The Hall–Kier alpha value is -1.65. The Bertz CT molecular complexity index is 591. The zero-order valence-electron chi connectivity index (χ0n) is 11.9. The molecule has 106 valence electrons. The van der Waals surface area contributed by atoms with E-state index in [9.17, 15) is 4.79 Å². The highest BCUT2D eigenvalue weighted by Gasteiger charge is 2.20. The van der Waals surface area contributed by atoms with Crippen molar-refractivity contribution in [1.82, 2.24) is 14.5 Å². The number of carbonyl (C=O) groups is 1. The zero-order valence-corrected chi connectivity index (χ0v) is 12.6. The van der Waals surface area contributed by atoms with Gasteiger partial charge in [-0.3, -0.25) is 9.69 Å². The van der Waals surface area contributed by atoms with E-state index in [0.717, 1.165) is 5.82 Å². The van der Waals surface area contributed by atoms with Crippen molar-refractivity contribution in [2.75, 3.05) is 7.05 Å². The number of benzene rings is 1. The van der Waals surface area contributed by atoms with Crippen LogP contribution in [0, 0.1) is 0 Å². The molecule has 2 rings (SSSR count). The number of Topliss-reactive ketones (excluding diaryl/α,β-unsaturated/α-hetero) is 1. The first-order chi connectivity index (χ1) is 9.49. The predicted octanol–water partition coefficient (Wildman–Crippen LogP) is 2.78. The second-order valence-corrected chi connectivity index (χ2v) is 5.35. The Morgan fingerprint density at radius 2 is 2.05 bits per heavy atom. The van der Waals surface area contributed by atoms with Crippen LogP contribution in [-0.4, -0.2) is 33.3 Å². The van der Waals surface area contributed by atoms with Crippen LogP contribution in [0.1, 0.15) is 23.1 Å². The number of aromatic nitrogens is 2. The highest BCUT2D eigenvalue weighted by molar-refractivity contribution is 6.30. The summed E-state index contributed by atoms with van der Waals surface area (Å²) in [5.74, 6) is 1.02. The molecule has 1 unspecified atom stereocenters. The lowest BCUT2D eigenvalue weighted by atomic mass is 10.0. The molecule has 0 aliphatic heterocycles. The van der Waals surface area contributed by atoms with E-state index in [0.29, 0.717) is 17.1 Å². The van der Waals surface area contributed by atoms with Crippen LogP contribution in [0.3, 0.4) is 0 Å². The van der Waals surface area contributed by atoms with Gasteiger partial charge in [-0.15, -0.1) is 0 Å². The topological polar surface area (TPSA) is 38.1 Å². The molecule has 1 atom stereocenters. The van der Waals surface area contributed by atoms with Gasteiger partial charge in [0.2, 0.25) is 0 Å². The first-order valence-corrected chi connectivity index (χ1v) is 6.83. The molecule has 1 aromatic carbocycles. The van der Waals surface area contributed by atoms with Crippen molar-refractivity contribution < 1.29 is 4.79 Å². The second-order valence-electron chi connectivity index (χ2n) is 4.92. The number of ketones is 1. The zero-order chi connectivity index (χ0) is 14.7. The van der Waals surface area contributed by atoms with Crippen LogP contribution in [0.25, 0.3) is 0 Å². The summed E-state index contributed by atoms with van der Waals surface area (Å²) in [5, 5.41) is 0.635. The molecule has 20 heavy (non-hydrogen) atoms. The summed E-state index contributed by atoms with van der Waals surface area (Å²) >= 11 is 5.84. The van der Waals surface area contributed by atoms with E-state index in [2.05, 4.69) is 4.98 Å². The van der Waals surface area contributed by atoms with Gasteiger partial charge in [0.05, 0.1) is 12.6 Å². The van der Waals surface area contributed by atoms with Crippen LogP contribution >= 0.6 is 11.6 Å². The lowest BCUT2D eigenvalue weighted by Crippen LogP contribution is -2.36. The van der Waals surface area contributed by atoms with Gasteiger partial charge in [0.1, 0.15) is 5.82 Å². The van der Waals surface area contributed by atoms with E-state index < -0.39 is 0 Å². The number of nitrogens with zero attached hydrogens (tertiary/aromatic N) is 3. The molecular weight excluding hydrogens is 274 g/mol. The van der Waals surface area contributed by atoms with Crippen molar-refractivity contribution in [3.8, 4) is 0 Å². The fourth-order valence-corrected chi connectivity index (χ4v) is 2.09. The molecule has 0 fully saturated rings. The molecule has 0 radical (unpaired) electrons. The Morgan fingerprint density at radius 3 is 2.60 bits per heavy atom. The molecule has 0 spiro atoms. The highest BCUT2D eigenvalue weighted by Crippen LogP contribution is 2.14. The van der Waals surface area contributed by atoms with Crippen LogP contribution in [0.5, 0.6) is 0 Å². The smallest absolute Gasteiger partial charge is 0.179 e. The van der Waals surface area contributed by atoms with Crippen molar-refractivity contribution in [2.24, 2.45) is 7.05 Å². The SMILES string of the molecule is CC(C(=O)c1ccc(Cl)cc1)N(C)Cc1nccn1C. The predicted molar refractivity (Wildman–Crippen MR) is 79.9 cm³/mol. The number of rotatable bonds is 5. The highest BCUT2D eigenvalue weighted by atomic mass is 35.5. The summed E-state index contributed by atoms with van der Waals surface area (Å²) in [6, 6.07) is 6.78. The third kappa shape index (κ3) is 3.26. The van der Waals surface area contributed by atoms with E-state index in [4.69, 9.17) is 11.6 Å². The summed E-state index contributed by atoms with van der Waals surface area (Å²) in [4.78, 5) is 18.7. The molecule has 0 N–H and O–H groups in total. The molecular formula is C15H18ClN3O. The quantitative estimate of drug-likeness (QED) is 0.795. The third-order valence-electron chi connectivity index (χ3n) is 3.48. The van der Waals surface area contributed by atoms with Gasteiger partial charge in [-0.25, -0.2) is 4.98 Å². The van der Waals surface area contributed by atoms with Crippen molar-refractivity contribution in [1.29, 1.82) is 0 Å². The summed E-state index contributed by atoms with van der Waals surface area (Å²) in [5.41, 5.74) is 0.675. The Balaban J connectivity index is 2.06. The lowest BCUT2D eigenvalue weighted by Gasteiger charge is -2.23. The number of imidazole rings is 1. The summed E-state index contributed by atoms with van der Waals surface area (Å²) < 4.78 is 1.95. The summed E-state index contributed by atoms with van der Waals surface area (Å²) in [7, 11) is 3.87. The van der Waals surface area contributed by atoms with Gasteiger partial charge in [-0.05, 0) is 38.2 Å². The molecule has 4 nitrogen and oxygen atoms in total. The van der Waals surface area contributed by atoms with Crippen molar-refractivity contribution >= 4 is 17.4 Å². The first kappa shape index (κ1) is 14.8.